The fraction of sp³-hybridized carbons (Fsp3) is 0.947. The minimum atomic E-state index is -1.77. The van der Waals surface area contributed by atoms with Crippen LogP contribution in [0.2, 0.25) is 0 Å². The van der Waals surface area contributed by atoms with Gasteiger partial charge in [0.15, 0.2) is 6.16 Å². The Kier molecular flexibility index (Phi) is 7.68. The largest absolute Gasteiger partial charge is 0.508 e. The minimum absolute atomic E-state index is 0.196. The molecule has 2 aliphatic carbocycles. The lowest BCUT2D eigenvalue weighted by atomic mass is 9.83. The van der Waals surface area contributed by atoms with E-state index in [1.54, 1.807) is 0 Å². The second kappa shape index (κ2) is 9.29. The van der Waals surface area contributed by atoms with Crippen LogP contribution >= 0.6 is 8.03 Å². The second-order valence-electron chi connectivity index (χ2n) is 8.22. The van der Waals surface area contributed by atoms with E-state index in [4.69, 9.17) is 9.26 Å². The molecule has 5 heteroatoms. The third kappa shape index (κ3) is 6.44. The van der Waals surface area contributed by atoms with Gasteiger partial charge in [-0.25, -0.2) is 0 Å². The number of rotatable bonds is 10. The van der Waals surface area contributed by atoms with Gasteiger partial charge in [-0.05, 0) is 48.0 Å². The number of hydrogen-bond donors (Lipinski definition) is 0. The van der Waals surface area contributed by atoms with Crippen LogP contribution in [0, 0.1) is 23.2 Å². The molecule has 3 atom stereocenters. The van der Waals surface area contributed by atoms with Crippen molar-refractivity contribution in [2.24, 2.45) is 23.2 Å². The number of esters is 1. The van der Waals surface area contributed by atoms with E-state index in [1.807, 2.05) is 6.92 Å². The molecule has 3 unspecified atom stereocenters. The molecule has 0 aliphatic heterocycles. The maximum Gasteiger partial charge on any atom is 0.508 e. The second-order valence-corrected chi connectivity index (χ2v) is 9.50. The Morgan fingerprint density at radius 3 is 2.50 bits per heavy atom. The highest BCUT2D eigenvalue weighted by atomic mass is 31.1. The van der Waals surface area contributed by atoms with Crippen molar-refractivity contribution in [3.05, 3.63) is 0 Å². The van der Waals surface area contributed by atoms with Crippen molar-refractivity contribution >= 4 is 14.0 Å². The van der Waals surface area contributed by atoms with Crippen LogP contribution in [0.4, 0.5) is 0 Å². The highest BCUT2D eigenvalue weighted by Crippen LogP contribution is 2.53. The van der Waals surface area contributed by atoms with Crippen molar-refractivity contribution in [2.75, 3.05) is 19.4 Å². The van der Waals surface area contributed by atoms with Gasteiger partial charge < -0.3 is 4.74 Å². The summed E-state index contributed by atoms with van der Waals surface area (Å²) in [6.45, 7) is 7.28. The van der Waals surface area contributed by atoms with Gasteiger partial charge in [-0.15, -0.1) is 4.52 Å². The van der Waals surface area contributed by atoms with Crippen LogP contribution in [-0.2, 0) is 18.6 Å². The topological polar surface area (TPSA) is 52.6 Å². The van der Waals surface area contributed by atoms with Gasteiger partial charge >= 0.3 is 14.0 Å². The third-order valence-corrected chi connectivity index (χ3v) is 6.96. The molecular weight excluding hydrogens is 323 g/mol. The Labute approximate surface area is 147 Å². The van der Waals surface area contributed by atoms with Crippen molar-refractivity contribution in [2.45, 2.75) is 72.1 Å². The highest BCUT2D eigenvalue weighted by Gasteiger charge is 2.45. The van der Waals surface area contributed by atoms with Crippen LogP contribution < -0.4 is 0 Å². The lowest BCUT2D eigenvalue weighted by molar-refractivity contribution is -0.148. The lowest BCUT2D eigenvalue weighted by Gasteiger charge is -2.23. The van der Waals surface area contributed by atoms with Crippen LogP contribution in [0.1, 0.15) is 72.1 Å². The maximum atomic E-state index is 12.3. The monoisotopic (exact) mass is 357 g/mol. The first kappa shape index (κ1) is 19.8. The van der Waals surface area contributed by atoms with E-state index in [9.17, 15) is 9.36 Å². The van der Waals surface area contributed by atoms with Gasteiger partial charge in [0.1, 0.15) is 12.5 Å². The fourth-order valence-electron chi connectivity index (χ4n) is 3.93. The summed E-state index contributed by atoms with van der Waals surface area (Å²) in [5, 5.41) is 0. The maximum absolute atomic E-state index is 12.3. The molecule has 0 saturated heterocycles. The van der Waals surface area contributed by atoms with E-state index in [0.29, 0.717) is 36.6 Å². The summed E-state index contributed by atoms with van der Waals surface area (Å²) in [6.07, 6.45) is 9.50. The Hall–Kier alpha value is -0.470. The molecule has 0 aromatic carbocycles. The molecule has 0 N–H and O–H groups in total. The van der Waals surface area contributed by atoms with E-state index in [1.165, 1.54) is 38.5 Å². The van der Waals surface area contributed by atoms with Crippen molar-refractivity contribution in [1.82, 2.24) is 0 Å². The molecule has 0 radical (unpaired) electrons. The zero-order chi connectivity index (χ0) is 17.6. The molecule has 4 nitrogen and oxygen atoms in total. The summed E-state index contributed by atoms with van der Waals surface area (Å²) >= 11 is 0. The lowest BCUT2D eigenvalue weighted by Crippen LogP contribution is -2.24. The zero-order valence-electron chi connectivity index (χ0n) is 15.6. The van der Waals surface area contributed by atoms with E-state index in [2.05, 4.69) is 13.8 Å². The summed E-state index contributed by atoms with van der Waals surface area (Å²) in [5.74, 6) is 0.806. The first-order chi connectivity index (χ1) is 11.4. The average molecular weight is 357 g/mol. The zero-order valence-corrected chi connectivity index (χ0v) is 16.5. The summed E-state index contributed by atoms with van der Waals surface area (Å²) in [7, 11) is -1.77. The molecular formula is C19H34O4P+. The standard InChI is InChI=1S/C19H34O4P/c1-4-22-18(20)16(12-15-8-6-5-7-9-15)14-24(21)23-11-10-17-13-19(17,2)3/h15-17H,4-14H2,1-3H3/q+1. The molecule has 0 bridgehead atoms. The summed E-state index contributed by atoms with van der Waals surface area (Å²) in [5.41, 5.74) is 0.434. The van der Waals surface area contributed by atoms with Gasteiger partial charge in [0.2, 0.25) is 0 Å². The van der Waals surface area contributed by atoms with Crippen molar-refractivity contribution in [1.29, 1.82) is 0 Å². The predicted octanol–water partition coefficient (Wildman–Crippen LogP) is 5.33. The van der Waals surface area contributed by atoms with Crippen LogP contribution in [-0.4, -0.2) is 25.3 Å². The number of carbonyl (C=O) groups is 1. The van der Waals surface area contributed by atoms with E-state index in [-0.39, 0.29) is 11.9 Å². The minimum Gasteiger partial charge on any atom is -0.466 e. The van der Waals surface area contributed by atoms with Crippen molar-refractivity contribution in [3.63, 3.8) is 0 Å². The molecule has 0 aromatic rings. The Morgan fingerprint density at radius 1 is 1.25 bits per heavy atom. The quantitative estimate of drug-likeness (QED) is 0.392. The van der Waals surface area contributed by atoms with Crippen LogP contribution in [0.25, 0.3) is 0 Å². The predicted molar refractivity (Wildman–Crippen MR) is 96.2 cm³/mol. The molecule has 2 aliphatic rings. The SMILES string of the molecule is CCOC(=O)C(CC1CCCCC1)C[P+](=O)OCCC1CC1(C)C. The summed E-state index contributed by atoms with van der Waals surface area (Å²) in [4.78, 5) is 12.2. The van der Waals surface area contributed by atoms with Crippen LogP contribution in [0.15, 0.2) is 0 Å². The Morgan fingerprint density at radius 2 is 1.92 bits per heavy atom. The van der Waals surface area contributed by atoms with Gasteiger partial charge in [0.25, 0.3) is 0 Å². The van der Waals surface area contributed by atoms with Gasteiger partial charge in [-0.3, -0.25) is 4.79 Å². The number of carbonyl (C=O) groups excluding carboxylic acids is 1. The first-order valence-corrected chi connectivity index (χ1v) is 11.0. The molecule has 2 rings (SSSR count). The summed E-state index contributed by atoms with van der Waals surface area (Å²) in [6, 6.07) is 0. The number of hydrogen-bond acceptors (Lipinski definition) is 4. The highest BCUT2D eigenvalue weighted by molar-refractivity contribution is 7.39. The molecule has 2 saturated carbocycles. The average Bonchev–Trinajstić information content (AvgIpc) is 3.15. The van der Waals surface area contributed by atoms with Gasteiger partial charge in [0.05, 0.1) is 6.61 Å². The normalized spacial score (nSPS) is 25.1. The summed E-state index contributed by atoms with van der Waals surface area (Å²) < 4.78 is 23.0. The third-order valence-electron chi connectivity index (χ3n) is 5.75. The van der Waals surface area contributed by atoms with Crippen LogP contribution in [0.5, 0.6) is 0 Å². The van der Waals surface area contributed by atoms with Crippen molar-refractivity contribution in [3.8, 4) is 0 Å². The van der Waals surface area contributed by atoms with Gasteiger partial charge in [0, 0.05) is 0 Å². The fourth-order valence-corrected chi connectivity index (χ4v) is 5.00. The van der Waals surface area contributed by atoms with E-state index < -0.39 is 8.03 Å². The Bertz CT molecular complexity index is 429. The Balaban J connectivity index is 1.75. The molecule has 0 spiro atoms. The molecule has 138 valence electrons. The van der Waals surface area contributed by atoms with Crippen LogP contribution in [0.3, 0.4) is 0 Å². The van der Waals surface area contributed by atoms with Gasteiger partial charge in [-0.1, -0.05) is 46.0 Å². The number of ether oxygens (including phenoxy) is 1. The molecule has 0 aromatic heterocycles. The first-order valence-electron chi connectivity index (χ1n) is 9.66. The molecule has 2 fully saturated rings. The smallest absolute Gasteiger partial charge is 0.466 e. The molecule has 24 heavy (non-hydrogen) atoms. The van der Waals surface area contributed by atoms with Gasteiger partial charge in [-0.2, -0.15) is 0 Å². The molecule has 0 heterocycles. The van der Waals surface area contributed by atoms with Crippen molar-refractivity contribution < 1.29 is 18.6 Å². The van der Waals surface area contributed by atoms with E-state index >= 15 is 0 Å². The van der Waals surface area contributed by atoms with E-state index in [0.717, 1.165) is 12.8 Å². The molecule has 0 amide bonds.